The van der Waals surface area contributed by atoms with Crippen LogP contribution in [0, 0.1) is 11.3 Å². The van der Waals surface area contributed by atoms with Crippen molar-refractivity contribution in [1.29, 1.82) is 5.26 Å². The summed E-state index contributed by atoms with van der Waals surface area (Å²) in [6.45, 7) is 2.79. The van der Waals surface area contributed by atoms with Crippen LogP contribution in [0.3, 0.4) is 0 Å². The van der Waals surface area contributed by atoms with E-state index in [-0.39, 0.29) is 0 Å². The number of rotatable bonds is 3. The van der Waals surface area contributed by atoms with E-state index in [1.807, 2.05) is 18.2 Å². The molecule has 14 heavy (non-hydrogen) atoms. The average Bonchev–Trinajstić information content (AvgIpc) is 2.19. The minimum absolute atomic E-state index is 0.391. The van der Waals surface area contributed by atoms with Gasteiger partial charge in [-0.25, -0.2) is 0 Å². The van der Waals surface area contributed by atoms with Gasteiger partial charge < -0.3 is 5.73 Å². The highest BCUT2D eigenvalue weighted by Crippen LogP contribution is 2.27. The zero-order chi connectivity index (χ0) is 10.6. The quantitative estimate of drug-likeness (QED) is 0.900. The van der Waals surface area contributed by atoms with E-state index in [0.717, 1.165) is 16.5 Å². The highest BCUT2D eigenvalue weighted by Gasteiger charge is 2.09. The number of hydrogen-bond donors (Lipinski definition) is 1. The van der Waals surface area contributed by atoms with Crippen LogP contribution in [0.15, 0.2) is 22.7 Å². The van der Waals surface area contributed by atoms with Gasteiger partial charge in [-0.05, 0) is 42.6 Å². The van der Waals surface area contributed by atoms with Crippen LogP contribution < -0.4 is 5.73 Å². The fourth-order valence-electron chi connectivity index (χ4n) is 1.40. The molecule has 1 aromatic carbocycles. The molecule has 0 aliphatic rings. The maximum atomic E-state index is 8.77. The second-order valence-electron chi connectivity index (χ2n) is 3.33. The maximum Gasteiger partial charge on any atom is 0.0991 e. The van der Waals surface area contributed by atoms with Gasteiger partial charge in [-0.15, -0.1) is 0 Å². The van der Waals surface area contributed by atoms with E-state index >= 15 is 0 Å². The first-order chi connectivity index (χ1) is 6.69. The van der Waals surface area contributed by atoms with Crippen molar-refractivity contribution in [3.63, 3.8) is 0 Å². The summed E-state index contributed by atoms with van der Waals surface area (Å²) in [5.41, 5.74) is 7.37. The van der Waals surface area contributed by atoms with Crippen LogP contribution in [0.2, 0.25) is 0 Å². The molecule has 74 valence electrons. The minimum atomic E-state index is 0.391. The molecule has 0 saturated heterocycles. The third kappa shape index (κ3) is 2.57. The van der Waals surface area contributed by atoms with Gasteiger partial charge in [0.2, 0.25) is 0 Å². The van der Waals surface area contributed by atoms with E-state index < -0.39 is 0 Å². The zero-order valence-electron chi connectivity index (χ0n) is 8.13. The number of benzene rings is 1. The predicted octanol–water partition coefficient (Wildman–Crippen LogP) is 2.77. The molecular weight excluding hydrogens is 240 g/mol. The summed E-state index contributed by atoms with van der Waals surface area (Å²) in [4.78, 5) is 0. The lowest BCUT2D eigenvalue weighted by atomic mass is 9.96. The lowest BCUT2D eigenvalue weighted by Crippen LogP contribution is -2.05. The van der Waals surface area contributed by atoms with Crippen molar-refractivity contribution in [2.45, 2.75) is 19.3 Å². The van der Waals surface area contributed by atoms with Crippen LogP contribution in [0.4, 0.5) is 0 Å². The van der Waals surface area contributed by atoms with Crippen molar-refractivity contribution < 1.29 is 0 Å². The number of halogens is 1. The van der Waals surface area contributed by atoms with Crippen molar-refractivity contribution in [1.82, 2.24) is 0 Å². The lowest BCUT2D eigenvalue weighted by molar-refractivity contribution is 0.687. The Morgan fingerprint density at radius 2 is 2.29 bits per heavy atom. The fourth-order valence-corrected chi connectivity index (χ4v) is 2.03. The van der Waals surface area contributed by atoms with E-state index in [9.17, 15) is 0 Å². The Labute approximate surface area is 92.9 Å². The SMILES string of the molecule is CC(CCN)c1cc(C#N)ccc1Br. The van der Waals surface area contributed by atoms with Crippen LogP contribution in [0.1, 0.15) is 30.4 Å². The normalized spacial score (nSPS) is 12.1. The van der Waals surface area contributed by atoms with Gasteiger partial charge in [0.1, 0.15) is 0 Å². The Morgan fingerprint density at radius 1 is 1.57 bits per heavy atom. The summed E-state index contributed by atoms with van der Waals surface area (Å²) in [5.74, 6) is 0.391. The first-order valence-electron chi connectivity index (χ1n) is 4.58. The van der Waals surface area contributed by atoms with Crippen LogP contribution in [0.25, 0.3) is 0 Å². The first kappa shape index (κ1) is 11.2. The van der Waals surface area contributed by atoms with Crippen molar-refractivity contribution in [2.75, 3.05) is 6.54 Å². The summed E-state index contributed by atoms with van der Waals surface area (Å²) in [6, 6.07) is 7.79. The monoisotopic (exact) mass is 252 g/mol. The molecule has 0 saturated carbocycles. The molecule has 0 bridgehead atoms. The Balaban J connectivity index is 3.01. The number of nitrogens with two attached hydrogens (primary N) is 1. The first-order valence-corrected chi connectivity index (χ1v) is 5.38. The fraction of sp³-hybridized carbons (Fsp3) is 0.364. The highest BCUT2D eigenvalue weighted by molar-refractivity contribution is 9.10. The number of nitriles is 1. The van der Waals surface area contributed by atoms with Crippen LogP contribution in [-0.2, 0) is 0 Å². The lowest BCUT2D eigenvalue weighted by Gasteiger charge is -2.12. The van der Waals surface area contributed by atoms with Gasteiger partial charge in [0.05, 0.1) is 11.6 Å². The van der Waals surface area contributed by atoms with E-state index in [2.05, 4.69) is 28.9 Å². The highest BCUT2D eigenvalue weighted by atomic mass is 79.9. The Kier molecular flexibility index (Phi) is 4.12. The zero-order valence-corrected chi connectivity index (χ0v) is 9.71. The van der Waals surface area contributed by atoms with Gasteiger partial charge in [-0.1, -0.05) is 22.9 Å². The largest absolute Gasteiger partial charge is 0.330 e. The molecule has 2 nitrogen and oxygen atoms in total. The summed E-state index contributed by atoms with van der Waals surface area (Å²) < 4.78 is 1.05. The second kappa shape index (κ2) is 5.14. The van der Waals surface area contributed by atoms with E-state index in [1.165, 1.54) is 0 Å². The molecular formula is C11H13BrN2. The van der Waals surface area contributed by atoms with E-state index in [4.69, 9.17) is 11.0 Å². The Hall–Kier alpha value is -0.850. The van der Waals surface area contributed by atoms with Crippen LogP contribution in [-0.4, -0.2) is 6.54 Å². The molecule has 0 aliphatic carbocycles. The van der Waals surface area contributed by atoms with Crippen molar-refractivity contribution >= 4 is 15.9 Å². The molecule has 1 unspecified atom stereocenters. The van der Waals surface area contributed by atoms with Crippen LogP contribution >= 0.6 is 15.9 Å². The summed E-state index contributed by atoms with van der Waals surface area (Å²) in [6.07, 6.45) is 0.938. The van der Waals surface area contributed by atoms with E-state index in [1.54, 1.807) is 0 Å². The van der Waals surface area contributed by atoms with E-state index in [0.29, 0.717) is 18.0 Å². The molecule has 0 aliphatic heterocycles. The number of hydrogen-bond acceptors (Lipinski definition) is 2. The molecule has 1 aromatic rings. The predicted molar refractivity (Wildman–Crippen MR) is 60.9 cm³/mol. The second-order valence-corrected chi connectivity index (χ2v) is 4.18. The molecule has 0 fully saturated rings. The molecule has 0 spiro atoms. The van der Waals surface area contributed by atoms with Gasteiger partial charge in [-0.2, -0.15) is 5.26 Å². The smallest absolute Gasteiger partial charge is 0.0991 e. The van der Waals surface area contributed by atoms with Crippen LogP contribution in [0.5, 0.6) is 0 Å². The summed E-state index contributed by atoms with van der Waals surface area (Å²) >= 11 is 3.48. The Bertz CT molecular complexity index is 355. The molecule has 2 N–H and O–H groups in total. The third-order valence-electron chi connectivity index (χ3n) is 2.26. The van der Waals surface area contributed by atoms with Crippen molar-refractivity contribution in [2.24, 2.45) is 5.73 Å². The molecule has 0 amide bonds. The molecule has 0 aromatic heterocycles. The van der Waals surface area contributed by atoms with Gasteiger partial charge >= 0.3 is 0 Å². The topological polar surface area (TPSA) is 49.8 Å². The molecule has 1 atom stereocenters. The van der Waals surface area contributed by atoms with Gasteiger partial charge in [0.25, 0.3) is 0 Å². The van der Waals surface area contributed by atoms with Crippen molar-refractivity contribution in [3.8, 4) is 6.07 Å². The minimum Gasteiger partial charge on any atom is -0.330 e. The summed E-state index contributed by atoms with van der Waals surface area (Å²) in [5, 5.41) is 8.77. The third-order valence-corrected chi connectivity index (χ3v) is 2.98. The number of nitrogens with zero attached hydrogens (tertiary/aromatic N) is 1. The van der Waals surface area contributed by atoms with Crippen molar-refractivity contribution in [3.05, 3.63) is 33.8 Å². The van der Waals surface area contributed by atoms with Gasteiger partial charge in [-0.3, -0.25) is 0 Å². The average molecular weight is 253 g/mol. The maximum absolute atomic E-state index is 8.77. The van der Waals surface area contributed by atoms with Gasteiger partial charge in [0, 0.05) is 4.47 Å². The molecule has 0 heterocycles. The molecule has 0 radical (unpaired) electrons. The van der Waals surface area contributed by atoms with Gasteiger partial charge in [0.15, 0.2) is 0 Å². The Morgan fingerprint density at radius 3 is 2.86 bits per heavy atom. The standard InChI is InChI=1S/C11H13BrN2/c1-8(4-5-13)10-6-9(7-14)2-3-11(10)12/h2-3,6,8H,4-5,13H2,1H3. The molecule has 1 rings (SSSR count). The molecule has 3 heteroatoms. The summed E-state index contributed by atoms with van der Waals surface area (Å²) in [7, 11) is 0.